The summed E-state index contributed by atoms with van der Waals surface area (Å²) < 4.78 is 0. The molecule has 3 heteroatoms. The van der Waals surface area contributed by atoms with Gasteiger partial charge >= 0.3 is 0 Å². The maximum Gasteiger partial charge on any atom is 0.0603 e. The number of rotatable bonds is 4. The lowest BCUT2D eigenvalue weighted by molar-refractivity contribution is 0.0511. The van der Waals surface area contributed by atoms with E-state index in [1.54, 1.807) is 0 Å². The molecule has 0 amide bonds. The lowest BCUT2D eigenvalue weighted by Crippen LogP contribution is -2.36. The molecule has 0 spiro atoms. The van der Waals surface area contributed by atoms with Crippen molar-refractivity contribution >= 4 is 0 Å². The first-order chi connectivity index (χ1) is 6.03. The molecule has 0 aromatic carbocycles. The zero-order chi connectivity index (χ0) is 9.90. The van der Waals surface area contributed by atoms with E-state index >= 15 is 0 Å². The molecule has 1 fully saturated rings. The fraction of sp³-hybridized carbons (Fsp3) is 1.00. The zero-order valence-electron chi connectivity index (χ0n) is 8.66. The fourth-order valence-electron chi connectivity index (χ4n) is 1.81. The summed E-state index contributed by atoms with van der Waals surface area (Å²) in [5.74, 6) is 0. The summed E-state index contributed by atoms with van der Waals surface area (Å²) in [4.78, 5) is 2.28. The van der Waals surface area contributed by atoms with Crippen LogP contribution in [0, 0.1) is 0 Å². The van der Waals surface area contributed by atoms with Gasteiger partial charge in [0.05, 0.1) is 12.2 Å². The van der Waals surface area contributed by atoms with Gasteiger partial charge in [-0.05, 0) is 39.7 Å². The Hall–Kier alpha value is -0.120. The van der Waals surface area contributed by atoms with Gasteiger partial charge < -0.3 is 10.2 Å². The maximum absolute atomic E-state index is 9.55. The molecule has 1 saturated heterocycles. The van der Waals surface area contributed by atoms with E-state index in [0.29, 0.717) is 6.04 Å². The molecule has 1 aliphatic rings. The van der Waals surface area contributed by atoms with Crippen molar-refractivity contribution in [2.24, 2.45) is 0 Å². The summed E-state index contributed by atoms with van der Waals surface area (Å²) in [5.41, 5.74) is -0.581. The maximum atomic E-state index is 9.55. The predicted octanol–water partition coefficient (Wildman–Crippen LogP) is 0.604. The second-order valence-corrected chi connectivity index (χ2v) is 4.58. The average molecular weight is 187 g/mol. The van der Waals surface area contributed by atoms with Crippen molar-refractivity contribution in [2.45, 2.75) is 44.8 Å². The highest BCUT2D eigenvalue weighted by molar-refractivity contribution is 4.80. The summed E-state index contributed by atoms with van der Waals surface area (Å²) in [6.07, 6.45) is 3.06. The monoisotopic (exact) mass is 187 g/mol. The van der Waals surface area contributed by atoms with Gasteiger partial charge in [0, 0.05) is 12.6 Å². The number of nitrogens with zero attached hydrogens (tertiary/aromatic N) is 1. The van der Waals surface area contributed by atoms with Crippen LogP contribution in [0.4, 0.5) is 0 Å². The van der Waals surface area contributed by atoms with Gasteiger partial charge in [-0.2, -0.15) is 0 Å². The fourth-order valence-corrected chi connectivity index (χ4v) is 1.81. The van der Waals surface area contributed by atoms with Gasteiger partial charge in [-0.25, -0.2) is 0 Å². The second kappa shape index (κ2) is 4.40. The van der Waals surface area contributed by atoms with E-state index in [4.69, 9.17) is 5.11 Å². The predicted molar refractivity (Wildman–Crippen MR) is 52.6 cm³/mol. The molecule has 1 heterocycles. The van der Waals surface area contributed by atoms with Crippen molar-refractivity contribution in [1.82, 2.24) is 4.90 Å². The van der Waals surface area contributed by atoms with Crippen LogP contribution in [0.15, 0.2) is 0 Å². The minimum atomic E-state index is -0.581. The first kappa shape index (κ1) is 11.0. The van der Waals surface area contributed by atoms with Gasteiger partial charge in [-0.3, -0.25) is 4.90 Å². The number of hydrogen-bond donors (Lipinski definition) is 2. The molecule has 1 atom stereocenters. The van der Waals surface area contributed by atoms with Gasteiger partial charge in [0.1, 0.15) is 0 Å². The highest BCUT2D eigenvalue weighted by atomic mass is 16.3. The van der Waals surface area contributed by atoms with Gasteiger partial charge in [0.2, 0.25) is 0 Å². The van der Waals surface area contributed by atoms with E-state index in [-0.39, 0.29) is 6.61 Å². The third kappa shape index (κ3) is 3.63. The minimum Gasteiger partial charge on any atom is -0.395 e. The van der Waals surface area contributed by atoms with Gasteiger partial charge in [-0.1, -0.05) is 0 Å². The Kier molecular flexibility index (Phi) is 3.71. The molecule has 0 saturated carbocycles. The van der Waals surface area contributed by atoms with E-state index < -0.39 is 5.60 Å². The van der Waals surface area contributed by atoms with Crippen molar-refractivity contribution in [3.63, 3.8) is 0 Å². The molecule has 3 nitrogen and oxygen atoms in total. The Morgan fingerprint density at radius 3 is 2.69 bits per heavy atom. The van der Waals surface area contributed by atoms with Crippen LogP contribution in [0.3, 0.4) is 0 Å². The summed E-state index contributed by atoms with van der Waals surface area (Å²) in [5, 5.41) is 18.6. The third-order valence-electron chi connectivity index (χ3n) is 2.72. The second-order valence-electron chi connectivity index (χ2n) is 4.58. The van der Waals surface area contributed by atoms with Crippen LogP contribution in [0.25, 0.3) is 0 Å². The zero-order valence-corrected chi connectivity index (χ0v) is 8.66. The molecule has 0 radical (unpaired) electrons. The summed E-state index contributed by atoms with van der Waals surface area (Å²) >= 11 is 0. The van der Waals surface area contributed by atoms with Crippen LogP contribution in [0.2, 0.25) is 0 Å². The highest BCUT2D eigenvalue weighted by Crippen LogP contribution is 2.18. The summed E-state index contributed by atoms with van der Waals surface area (Å²) in [6, 6.07) is 0.336. The Balaban J connectivity index is 2.28. The van der Waals surface area contributed by atoms with Gasteiger partial charge in [0.15, 0.2) is 0 Å². The van der Waals surface area contributed by atoms with Crippen molar-refractivity contribution in [3.05, 3.63) is 0 Å². The van der Waals surface area contributed by atoms with Crippen molar-refractivity contribution in [3.8, 4) is 0 Å². The molecular weight excluding hydrogens is 166 g/mol. The van der Waals surface area contributed by atoms with Crippen molar-refractivity contribution < 1.29 is 10.2 Å². The van der Waals surface area contributed by atoms with Crippen LogP contribution in [-0.4, -0.2) is 46.5 Å². The molecule has 1 unspecified atom stereocenters. The molecule has 1 rings (SSSR count). The molecular formula is C10H21NO2. The first-order valence-electron chi connectivity index (χ1n) is 5.10. The summed E-state index contributed by atoms with van der Waals surface area (Å²) in [7, 11) is 0. The molecule has 13 heavy (non-hydrogen) atoms. The first-order valence-corrected chi connectivity index (χ1v) is 5.10. The normalized spacial score (nSPS) is 25.4. The quantitative estimate of drug-likeness (QED) is 0.677. The molecule has 2 N–H and O–H groups in total. The molecule has 0 aliphatic carbocycles. The van der Waals surface area contributed by atoms with Crippen LogP contribution in [-0.2, 0) is 0 Å². The van der Waals surface area contributed by atoms with E-state index in [9.17, 15) is 5.11 Å². The number of hydrogen-bond acceptors (Lipinski definition) is 3. The topological polar surface area (TPSA) is 43.7 Å². The highest BCUT2D eigenvalue weighted by Gasteiger charge is 2.25. The smallest absolute Gasteiger partial charge is 0.0603 e. The molecule has 1 aliphatic heterocycles. The Bertz CT molecular complexity index is 153. The van der Waals surface area contributed by atoms with E-state index in [2.05, 4.69) is 4.90 Å². The molecule has 0 aromatic heterocycles. The van der Waals surface area contributed by atoms with E-state index in [0.717, 1.165) is 25.9 Å². The lowest BCUT2D eigenvalue weighted by Gasteiger charge is -2.26. The minimum absolute atomic E-state index is 0.256. The third-order valence-corrected chi connectivity index (χ3v) is 2.72. The largest absolute Gasteiger partial charge is 0.395 e. The average Bonchev–Trinajstić information content (AvgIpc) is 2.46. The SMILES string of the molecule is CC(C)(O)CCN1CCCC1CO. The van der Waals surface area contributed by atoms with Crippen molar-refractivity contribution in [2.75, 3.05) is 19.7 Å². The number of aliphatic hydroxyl groups excluding tert-OH is 1. The standard InChI is InChI=1S/C10H21NO2/c1-10(2,13)5-7-11-6-3-4-9(11)8-12/h9,12-13H,3-8H2,1-2H3. The van der Waals surface area contributed by atoms with E-state index in [1.165, 1.54) is 6.42 Å². The lowest BCUT2D eigenvalue weighted by atomic mass is 10.1. The van der Waals surface area contributed by atoms with Crippen molar-refractivity contribution in [1.29, 1.82) is 0 Å². The van der Waals surface area contributed by atoms with Crippen LogP contribution < -0.4 is 0 Å². The molecule has 0 aromatic rings. The Morgan fingerprint density at radius 1 is 1.46 bits per heavy atom. The van der Waals surface area contributed by atoms with E-state index in [1.807, 2.05) is 13.8 Å². The molecule has 78 valence electrons. The number of aliphatic hydroxyl groups is 2. The van der Waals surface area contributed by atoms with Gasteiger partial charge in [0.25, 0.3) is 0 Å². The van der Waals surface area contributed by atoms with Crippen LogP contribution in [0.1, 0.15) is 33.1 Å². The van der Waals surface area contributed by atoms with Gasteiger partial charge in [-0.15, -0.1) is 0 Å². The number of likely N-dealkylation sites (tertiary alicyclic amines) is 1. The van der Waals surface area contributed by atoms with Crippen LogP contribution >= 0.6 is 0 Å². The molecule has 0 bridgehead atoms. The summed E-state index contributed by atoms with van der Waals surface area (Å²) in [6.45, 7) is 5.88. The van der Waals surface area contributed by atoms with Crippen LogP contribution in [0.5, 0.6) is 0 Å². The Labute approximate surface area is 80.4 Å². The Morgan fingerprint density at radius 2 is 2.15 bits per heavy atom.